The Morgan fingerprint density at radius 2 is 1.86 bits per heavy atom. The minimum absolute atomic E-state index is 0.0660. The Hall–Kier alpha value is -1.76. The van der Waals surface area contributed by atoms with Gasteiger partial charge in [0.2, 0.25) is 0 Å². The van der Waals surface area contributed by atoms with E-state index in [1.807, 2.05) is 18.6 Å². The Morgan fingerprint density at radius 3 is 2.43 bits per heavy atom. The number of sulfonamides is 1. The van der Waals surface area contributed by atoms with Gasteiger partial charge in [0, 0.05) is 12.2 Å². The number of anilines is 1. The van der Waals surface area contributed by atoms with Crippen molar-refractivity contribution in [2.24, 2.45) is 0 Å². The smallest absolute Gasteiger partial charge is 0.328 e. The summed E-state index contributed by atoms with van der Waals surface area (Å²) < 4.78 is 26.7. The van der Waals surface area contributed by atoms with Gasteiger partial charge in [0.25, 0.3) is 10.0 Å². The molecule has 0 unspecified atom stereocenters. The molecular weight excluding hydrogens is 290 g/mol. The molecule has 0 bridgehead atoms. The molecule has 0 aliphatic carbocycles. The number of nitrogen functional groups attached to an aromatic ring is 1. The highest BCUT2D eigenvalue weighted by atomic mass is 32.2. The molecule has 1 aromatic rings. The summed E-state index contributed by atoms with van der Waals surface area (Å²) in [5.74, 6) is 0. The summed E-state index contributed by atoms with van der Waals surface area (Å²) in [7, 11) is -3.94. The predicted octanol–water partition coefficient (Wildman–Crippen LogP) is 1.98. The maximum absolute atomic E-state index is 12.4. The summed E-state index contributed by atoms with van der Waals surface area (Å²) in [5.41, 5.74) is 8.15. The minimum Gasteiger partial charge on any atom is -0.398 e. The molecule has 0 aliphatic rings. The monoisotopic (exact) mass is 313 g/mol. The van der Waals surface area contributed by atoms with Crippen molar-refractivity contribution in [1.82, 2.24) is 10.0 Å². The lowest BCUT2D eigenvalue weighted by molar-refractivity contribution is 0.245. The summed E-state index contributed by atoms with van der Waals surface area (Å²) in [5, 5.41) is 2.51. The molecule has 6 nitrogen and oxygen atoms in total. The van der Waals surface area contributed by atoms with Crippen molar-refractivity contribution in [1.29, 1.82) is 0 Å². The molecule has 0 aromatic heterocycles. The third kappa shape index (κ3) is 4.10. The minimum atomic E-state index is -3.94. The van der Waals surface area contributed by atoms with E-state index in [-0.39, 0.29) is 4.90 Å². The lowest BCUT2D eigenvalue weighted by Gasteiger charge is -2.15. The normalized spacial score (nSPS) is 11.2. The van der Waals surface area contributed by atoms with Crippen LogP contribution in [0, 0.1) is 20.8 Å². The fourth-order valence-electron chi connectivity index (χ4n) is 2.18. The fraction of sp³-hybridized carbons (Fsp3) is 0.500. The molecule has 1 rings (SSSR count). The number of carbonyl (C=O) groups is 1. The number of nitrogens with two attached hydrogens (primary N) is 1. The quantitative estimate of drug-likeness (QED) is 0.571. The predicted molar refractivity (Wildman–Crippen MR) is 83.7 cm³/mol. The molecule has 2 amide bonds. The Kier molecular flexibility index (Phi) is 5.60. The summed E-state index contributed by atoms with van der Waals surface area (Å²) in [6, 6.07) is 0.979. The zero-order chi connectivity index (χ0) is 16.2. The fourth-order valence-corrected chi connectivity index (χ4v) is 3.60. The van der Waals surface area contributed by atoms with E-state index in [1.54, 1.807) is 19.9 Å². The van der Waals surface area contributed by atoms with Crippen molar-refractivity contribution < 1.29 is 13.2 Å². The number of amides is 2. The Bertz CT molecular complexity index is 639. The highest BCUT2D eigenvalue weighted by Gasteiger charge is 2.23. The lowest BCUT2D eigenvalue weighted by atomic mass is 10.1. The number of urea groups is 1. The number of hydrogen-bond acceptors (Lipinski definition) is 4. The highest BCUT2D eigenvalue weighted by molar-refractivity contribution is 7.90. The van der Waals surface area contributed by atoms with Gasteiger partial charge in [0.05, 0.1) is 4.90 Å². The standard InChI is InChI=1S/C14H23N3O3S/c1-5-6-7-16-14(18)17-21(19,20)13-10(3)8-9(2)12(15)11(13)4/h8H,5-7,15H2,1-4H3,(H2,16,17,18). The van der Waals surface area contributed by atoms with Gasteiger partial charge in [-0.2, -0.15) is 0 Å². The van der Waals surface area contributed by atoms with E-state index < -0.39 is 16.1 Å². The molecule has 0 heterocycles. The second kappa shape index (κ2) is 6.80. The number of carbonyl (C=O) groups excluding carboxylic acids is 1. The summed E-state index contributed by atoms with van der Waals surface area (Å²) >= 11 is 0. The van der Waals surface area contributed by atoms with Crippen LogP contribution in [0.4, 0.5) is 10.5 Å². The van der Waals surface area contributed by atoms with E-state index >= 15 is 0 Å². The van der Waals surface area contributed by atoms with Gasteiger partial charge in [-0.15, -0.1) is 0 Å². The molecule has 0 radical (unpaired) electrons. The number of rotatable bonds is 5. The van der Waals surface area contributed by atoms with Crippen molar-refractivity contribution in [3.8, 4) is 0 Å². The largest absolute Gasteiger partial charge is 0.398 e. The summed E-state index contributed by atoms with van der Waals surface area (Å²) in [6.07, 6.45) is 1.71. The average Bonchev–Trinajstić information content (AvgIpc) is 2.35. The van der Waals surface area contributed by atoms with Gasteiger partial charge >= 0.3 is 6.03 Å². The topological polar surface area (TPSA) is 101 Å². The molecule has 0 fully saturated rings. The zero-order valence-corrected chi connectivity index (χ0v) is 13.7. The van der Waals surface area contributed by atoms with Crippen molar-refractivity contribution >= 4 is 21.7 Å². The van der Waals surface area contributed by atoms with E-state index in [0.717, 1.165) is 18.4 Å². The molecule has 4 N–H and O–H groups in total. The van der Waals surface area contributed by atoms with Crippen LogP contribution in [0.15, 0.2) is 11.0 Å². The lowest BCUT2D eigenvalue weighted by Crippen LogP contribution is -2.40. The number of benzene rings is 1. The van der Waals surface area contributed by atoms with Gasteiger partial charge in [-0.25, -0.2) is 17.9 Å². The van der Waals surface area contributed by atoms with Crippen LogP contribution in [0.5, 0.6) is 0 Å². The van der Waals surface area contributed by atoms with E-state index in [2.05, 4.69) is 5.32 Å². The first-order chi connectivity index (χ1) is 9.70. The molecule has 21 heavy (non-hydrogen) atoms. The van der Waals surface area contributed by atoms with Crippen LogP contribution >= 0.6 is 0 Å². The highest BCUT2D eigenvalue weighted by Crippen LogP contribution is 2.27. The summed E-state index contributed by atoms with van der Waals surface area (Å²) in [6.45, 7) is 7.56. The molecular formula is C14H23N3O3S. The molecule has 0 aliphatic heterocycles. The molecule has 0 spiro atoms. The Labute approximate surface area is 126 Å². The van der Waals surface area contributed by atoms with Crippen LogP contribution in [0.1, 0.15) is 36.5 Å². The second-order valence-electron chi connectivity index (χ2n) is 5.09. The number of aryl methyl sites for hydroxylation is 2. The first-order valence-electron chi connectivity index (χ1n) is 6.87. The van der Waals surface area contributed by atoms with Crippen LogP contribution in [0.25, 0.3) is 0 Å². The molecule has 0 saturated carbocycles. The number of nitrogens with one attached hydrogen (secondary N) is 2. The third-order valence-electron chi connectivity index (χ3n) is 3.27. The van der Waals surface area contributed by atoms with Gasteiger partial charge in [0.15, 0.2) is 0 Å². The van der Waals surface area contributed by atoms with Crippen molar-refractivity contribution in [2.75, 3.05) is 12.3 Å². The van der Waals surface area contributed by atoms with E-state index in [9.17, 15) is 13.2 Å². The number of hydrogen-bond donors (Lipinski definition) is 3. The molecule has 118 valence electrons. The maximum Gasteiger partial charge on any atom is 0.328 e. The molecule has 0 atom stereocenters. The van der Waals surface area contributed by atoms with E-state index in [0.29, 0.717) is 23.4 Å². The number of unbranched alkanes of at least 4 members (excludes halogenated alkanes) is 1. The van der Waals surface area contributed by atoms with Gasteiger partial charge in [-0.1, -0.05) is 19.4 Å². The Balaban J connectivity index is 3.04. The zero-order valence-electron chi connectivity index (χ0n) is 12.9. The van der Waals surface area contributed by atoms with Crippen LogP contribution < -0.4 is 15.8 Å². The Morgan fingerprint density at radius 1 is 1.24 bits per heavy atom. The first kappa shape index (κ1) is 17.3. The molecule has 7 heteroatoms. The van der Waals surface area contributed by atoms with Crippen molar-refractivity contribution in [3.63, 3.8) is 0 Å². The van der Waals surface area contributed by atoms with E-state index in [1.165, 1.54) is 0 Å². The van der Waals surface area contributed by atoms with Crippen LogP contribution in [-0.4, -0.2) is 21.0 Å². The first-order valence-corrected chi connectivity index (χ1v) is 8.36. The van der Waals surface area contributed by atoms with Gasteiger partial charge < -0.3 is 11.1 Å². The van der Waals surface area contributed by atoms with Gasteiger partial charge in [0.1, 0.15) is 0 Å². The summed E-state index contributed by atoms with van der Waals surface area (Å²) in [4.78, 5) is 11.7. The molecule has 0 saturated heterocycles. The van der Waals surface area contributed by atoms with E-state index in [4.69, 9.17) is 5.73 Å². The third-order valence-corrected chi connectivity index (χ3v) is 4.89. The SMILES string of the molecule is CCCCNC(=O)NS(=O)(=O)c1c(C)cc(C)c(N)c1C. The van der Waals surface area contributed by atoms with Gasteiger partial charge in [-0.3, -0.25) is 0 Å². The van der Waals surface area contributed by atoms with Crippen molar-refractivity contribution in [2.45, 2.75) is 45.4 Å². The maximum atomic E-state index is 12.4. The second-order valence-corrected chi connectivity index (χ2v) is 6.71. The van der Waals surface area contributed by atoms with Gasteiger partial charge in [-0.05, 0) is 43.9 Å². The average molecular weight is 313 g/mol. The van der Waals surface area contributed by atoms with Crippen LogP contribution in [-0.2, 0) is 10.0 Å². The van der Waals surface area contributed by atoms with Crippen LogP contribution in [0.3, 0.4) is 0 Å². The molecule has 1 aromatic carbocycles. The van der Waals surface area contributed by atoms with Crippen molar-refractivity contribution in [3.05, 3.63) is 22.8 Å². The van der Waals surface area contributed by atoms with Crippen LogP contribution in [0.2, 0.25) is 0 Å².